The van der Waals surface area contributed by atoms with E-state index in [4.69, 9.17) is 9.47 Å². The summed E-state index contributed by atoms with van der Waals surface area (Å²) in [5.41, 5.74) is 0.281. The van der Waals surface area contributed by atoms with Gasteiger partial charge in [0.15, 0.2) is 0 Å². The van der Waals surface area contributed by atoms with Gasteiger partial charge in [-0.25, -0.2) is 9.59 Å². The van der Waals surface area contributed by atoms with E-state index in [1.807, 2.05) is 0 Å². The van der Waals surface area contributed by atoms with E-state index in [0.29, 0.717) is 31.6 Å². The Labute approximate surface area is 121 Å². The lowest BCUT2D eigenvalue weighted by Gasteiger charge is -2.18. The van der Waals surface area contributed by atoms with Crippen LogP contribution in [0, 0.1) is 0 Å². The SMILES string of the molecule is O=C(O)c1cccc(C(CC2CO2)CC2CO2)c1C(=O)O. The van der Waals surface area contributed by atoms with Gasteiger partial charge in [0.25, 0.3) is 0 Å². The Bertz CT molecular complexity index is 560. The number of hydrogen-bond donors (Lipinski definition) is 2. The number of hydrogen-bond acceptors (Lipinski definition) is 4. The average Bonchev–Trinajstić information content (AvgIpc) is 3.32. The fourth-order valence-electron chi connectivity index (χ4n) is 2.72. The van der Waals surface area contributed by atoms with Crippen molar-refractivity contribution in [2.24, 2.45) is 0 Å². The highest BCUT2D eigenvalue weighted by atomic mass is 16.6. The molecule has 1 aromatic rings. The minimum absolute atomic E-state index is 0.0598. The highest BCUT2D eigenvalue weighted by Crippen LogP contribution is 2.36. The fourth-order valence-corrected chi connectivity index (χ4v) is 2.72. The maximum atomic E-state index is 11.5. The second kappa shape index (κ2) is 5.46. The molecular formula is C15H16O6. The summed E-state index contributed by atoms with van der Waals surface area (Å²) in [5.74, 6) is -2.49. The molecule has 3 rings (SSSR count). The molecule has 2 atom stereocenters. The molecule has 2 fully saturated rings. The number of aromatic carboxylic acids is 2. The lowest BCUT2D eigenvalue weighted by molar-refractivity contribution is 0.0650. The number of epoxide rings is 2. The van der Waals surface area contributed by atoms with Crippen molar-refractivity contribution < 1.29 is 29.3 Å². The predicted molar refractivity (Wildman–Crippen MR) is 71.8 cm³/mol. The van der Waals surface area contributed by atoms with E-state index >= 15 is 0 Å². The molecule has 2 saturated heterocycles. The molecule has 2 unspecified atom stereocenters. The molecule has 6 nitrogen and oxygen atoms in total. The zero-order valence-electron chi connectivity index (χ0n) is 11.3. The molecule has 0 bridgehead atoms. The molecule has 0 amide bonds. The predicted octanol–water partition coefficient (Wildman–Crippen LogP) is 1.74. The van der Waals surface area contributed by atoms with E-state index in [2.05, 4.69) is 0 Å². The third-order valence-electron chi connectivity index (χ3n) is 3.88. The van der Waals surface area contributed by atoms with Gasteiger partial charge < -0.3 is 19.7 Å². The minimum Gasteiger partial charge on any atom is -0.478 e. The van der Waals surface area contributed by atoms with Crippen LogP contribution in [0.25, 0.3) is 0 Å². The summed E-state index contributed by atoms with van der Waals surface area (Å²) in [4.78, 5) is 22.8. The Balaban J connectivity index is 1.97. The summed E-state index contributed by atoms with van der Waals surface area (Å²) < 4.78 is 10.5. The molecule has 0 aromatic heterocycles. The molecule has 0 aliphatic carbocycles. The molecule has 6 heteroatoms. The van der Waals surface area contributed by atoms with E-state index < -0.39 is 11.9 Å². The molecule has 2 aliphatic rings. The van der Waals surface area contributed by atoms with Gasteiger partial charge in [0, 0.05) is 0 Å². The summed E-state index contributed by atoms with van der Waals surface area (Å²) in [7, 11) is 0. The van der Waals surface area contributed by atoms with Crippen molar-refractivity contribution in [2.75, 3.05) is 13.2 Å². The molecule has 112 valence electrons. The van der Waals surface area contributed by atoms with Crippen molar-refractivity contribution in [2.45, 2.75) is 31.0 Å². The van der Waals surface area contributed by atoms with Gasteiger partial charge >= 0.3 is 11.9 Å². The maximum absolute atomic E-state index is 11.5. The van der Waals surface area contributed by atoms with Crippen molar-refractivity contribution in [3.63, 3.8) is 0 Å². The third kappa shape index (κ3) is 3.22. The largest absolute Gasteiger partial charge is 0.478 e. The van der Waals surface area contributed by atoms with Crippen LogP contribution in [-0.2, 0) is 9.47 Å². The molecule has 0 radical (unpaired) electrons. The van der Waals surface area contributed by atoms with Crippen LogP contribution in [0.3, 0.4) is 0 Å². The average molecular weight is 292 g/mol. The summed E-state index contributed by atoms with van der Waals surface area (Å²) in [5, 5.41) is 18.6. The number of carboxylic acids is 2. The van der Waals surface area contributed by atoms with E-state index in [1.165, 1.54) is 6.07 Å². The second-order valence-electron chi connectivity index (χ2n) is 5.46. The highest BCUT2D eigenvalue weighted by molar-refractivity contribution is 6.02. The van der Waals surface area contributed by atoms with Gasteiger partial charge in [-0.05, 0) is 30.4 Å². The van der Waals surface area contributed by atoms with Gasteiger partial charge in [-0.3, -0.25) is 0 Å². The molecule has 21 heavy (non-hydrogen) atoms. The summed E-state index contributed by atoms with van der Waals surface area (Å²) in [6.45, 7) is 1.37. The minimum atomic E-state index is -1.22. The quantitative estimate of drug-likeness (QED) is 0.743. The summed E-state index contributed by atoms with van der Waals surface area (Å²) in [6.07, 6.45) is 1.68. The molecule has 0 saturated carbocycles. The number of benzene rings is 1. The van der Waals surface area contributed by atoms with Gasteiger partial charge in [0.05, 0.1) is 36.5 Å². The Hall–Kier alpha value is -1.92. The fraction of sp³-hybridized carbons (Fsp3) is 0.467. The van der Waals surface area contributed by atoms with Gasteiger partial charge in [0.2, 0.25) is 0 Å². The first kappa shape index (κ1) is 14.0. The first-order valence-electron chi connectivity index (χ1n) is 6.89. The monoisotopic (exact) mass is 292 g/mol. The van der Waals surface area contributed by atoms with Crippen LogP contribution < -0.4 is 0 Å². The van der Waals surface area contributed by atoms with E-state index in [-0.39, 0.29) is 29.3 Å². The van der Waals surface area contributed by atoms with Crippen LogP contribution in [0.1, 0.15) is 45.0 Å². The van der Waals surface area contributed by atoms with E-state index in [1.54, 1.807) is 12.1 Å². The zero-order chi connectivity index (χ0) is 15.0. The van der Waals surface area contributed by atoms with Crippen molar-refractivity contribution in [1.82, 2.24) is 0 Å². The number of carbonyl (C=O) groups is 2. The van der Waals surface area contributed by atoms with Crippen molar-refractivity contribution >= 4 is 11.9 Å². The number of carboxylic acid groups (broad SMARTS) is 2. The number of rotatable bonds is 7. The van der Waals surface area contributed by atoms with Gasteiger partial charge in [0.1, 0.15) is 0 Å². The normalized spacial score (nSPS) is 24.4. The summed E-state index contributed by atoms with van der Waals surface area (Å²) in [6, 6.07) is 4.62. The lowest BCUT2D eigenvalue weighted by atomic mass is 9.85. The highest BCUT2D eigenvalue weighted by Gasteiger charge is 2.35. The van der Waals surface area contributed by atoms with Gasteiger partial charge in [-0.2, -0.15) is 0 Å². The van der Waals surface area contributed by atoms with Crippen LogP contribution in [0.4, 0.5) is 0 Å². The smallest absolute Gasteiger partial charge is 0.336 e. The molecular weight excluding hydrogens is 276 g/mol. The van der Waals surface area contributed by atoms with Gasteiger partial charge in [-0.1, -0.05) is 12.1 Å². The van der Waals surface area contributed by atoms with Crippen LogP contribution in [0.2, 0.25) is 0 Å². The zero-order valence-corrected chi connectivity index (χ0v) is 11.3. The number of ether oxygens (including phenoxy) is 2. The van der Waals surface area contributed by atoms with E-state index in [9.17, 15) is 19.8 Å². The van der Waals surface area contributed by atoms with Crippen molar-refractivity contribution in [3.8, 4) is 0 Å². The third-order valence-corrected chi connectivity index (χ3v) is 3.88. The lowest BCUT2D eigenvalue weighted by Crippen LogP contribution is -2.16. The Morgan fingerprint density at radius 1 is 1.10 bits per heavy atom. The maximum Gasteiger partial charge on any atom is 0.336 e. The first-order chi connectivity index (χ1) is 10.1. The van der Waals surface area contributed by atoms with Crippen molar-refractivity contribution in [1.29, 1.82) is 0 Å². The van der Waals surface area contributed by atoms with Crippen LogP contribution in [0.15, 0.2) is 18.2 Å². The summed E-state index contributed by atoms with van der Waals surface area (Å²) >= 11 is 0. The Kier molecular flexibility index (Phi) is 3.65. The first-order valence-corrected chi connectivity index (χ1v) is 6.89. The molecule has 2 heterocycles. The molecule has 1 aromatic carbocycles. The molecule has 0 spiro atoms. The van der Waals surface area contributed by atoms with Crippen LogP contribution in [-0.4, -0.2) is 47.6 Å². The van der Waals surface area contributed by atoms with Crippen LogP contribution in [0.5, 0.6) is 0 Å². The molecule has 2 aliphatic heterocycles. The van der Waals surface area contributed by atoms with Crippen molar-refractivity contribution in [3.05, 3.63) is 34.9 Å². The standard InChI is InChI=1S/C15H16O6/c16-14(17)12-3-1-2-11(13(12)15(18)19)8(4-9-6-20-9)5-10-7-21-10/h1-3,8-10H,4-7H2,(H,16,17)(H,18,19). The second-order valence-corrected chi connectivity index (χ2v) is 5.46. The van der Waals surface area contributed by atoms with Crippen LogP contribution >= 0.6 is 0 Å². The van der Waals surface area contributed by atoms with E-state index in [0.717, 1.165) is 0 Å². The molecule has 2 N–H and O–H groups in total. The van der Waals surface area contributed by atoms with Gasteiger partial charge in [-0.15, -0.1) is 0 Å². The Morgan fingerprint density at radius 2 is 1.67 bits per heavy atom. The topological polar surface area (TPSA) is 99.7 Å². The Morgan fingerprint density at radius 3 is 2.10 bits per heavy atom.